The zero-order chi connectivity index (χ0) is 17.3. The van der Waals surface area contributed by atoms with Crippen molar-refractivity contribution < 1.29 is 13.9 Å². The molecule has 0 bridgehead atoms. The molecule has 1 aromatic heterocycles. The van der Waals surface area contributed by atoms with Crippen LogP contribution in [0.4, 0.5) is 5.69 Å². The lowest BCUT2D eigenvalue weighted by atomic mass is 10.0. The van der Waals surface area contributed by atoms with Crippen LogP contribution in [0.5, 0.6) is 0 Å². The van der Waals surface area contributed by atoms with Crippen molar-refractivity contribution in [2.45, 2.75) is 26.7 Å². The van der Waals surface area contributed by atoms with Crippen LogP contribution < -0.4 is 10.9 Å². The van der Waals surface area contributed by atoms with Crippen LogP contribution in [0.1, 0.15) is 24.0 Å². The van der Waals surface area contributed by atoms with E-state index < -0.39 is 0 Å². The van der Waals surface area contributed by atoms with Crippen LogP contribution in [-0.4, -0.2) is 13.0 Å². The Hall–Kier alpha value is -2.82. The Morgan fingerprint density at radius 3 is 2.79 bits per heavy atom. The molecule has 5 heteroatoms. The van der Waals surface area contributed by atoms with Gasteiger partial charge < -0.3 is 14.5 Å². The second kappa shape index (κ2) is 6.35. The molecule has 0 atom stereocenters. The van der Waals surface area contributed by atoms with Gasteiger partial charge in [0.1, 0.15) is 11.3 Å². The number of anilines is 1. The van der Waals surface area contributed by atoms with E-state index in [1.54, 1.807) is 32.2 Å². The Labute approximate surface area is 139 Å². The summed E-state index contributed by atoms with van der Waals surface area (Å²) in [6.45, 7) is 3.60. The number of hydrogen-bond donors (Lipinski definition) is 1. The molecule has 5 nitrogen and oxygen atoms in total. The first-order valence-corrected chi connectivity index (χ1v) is 7.80. The number of benzene rings is 1. The summed E-state index contributed by atoms with van der Waals surface area (Å²) in [6.07, 6.45) is 5.33. The van der Waals surface area contributed by atoms with Gasteiger partial charge in [0, 0.05) is 23.1 Å². The first-order chi connectivity index (χ1) is 11.5. The van der Waals surface area contributed by atoms with Crippen LogP contribution in [0, 0.1) is 13.8 Å². The highest BCUT2D eigenvalue weighted by Gasteiger charge is 2.17. The molecule has 1 aliphatic carbocycles. The fourth-order valence-corrected chi connectivity index (χ4v) is 2.78. The summed E-state index contributed by atoms with van der Waals surface area (Å²) in [7, 11) is 1.58. The molecule has 1 heterocycles. The summed E-state index contributed by atoms with van der Waals surface area (Å²) in [4.78, 5) is 24.2. The fourth-order valence-electron chi connectivity index (χ4n) is 2.78. The summed E-state index contributed by atoms with van der Waals surface area (Å²) in [5.41, 5.74) is 2.79. The van der Waals surface area contributed by atoms with Crippen molar-refractivity contribution in [1.82, 2.24) is 0 Å². The van der Waals surface area contributed by atoms with Gasteiger partial charge in [-0.1, -0.05) is 12.2 Å². The molecule has 1 amide bonds. The maximum atomic E-state index is 12.5. The lowest BCUT2D eigenvalue weighted by Gasteiger charge is -2.15. The van der Waals surface area contributed by atoms with Crippen LogP contribution in [0.25, 0.3) is 11.0 Å². The number of hydrogen-bond acceptors (Lipinski definition) is 4. The molecule has 1 aromatic carbocycles. The zero-order valence-electron chi connectivity index (χ0n) is 13.9. The Morgan fingerprint density at radius 1 is 1.25 bits per heavy atom. The van der Waals surface area contributed by atoms with E-state index in [-0.39, 0.29) is 11.5 Å². The third kappa shape index (κ3) is 2.85. The van der Waals surface area contributed by atoms with Crippen LogP contribution in [0.15, 0.2) is 50.9 Å². The second-order valence-electron chi connectivity index (χ2n) is 5.79. The van der Waals surface area contributed by atoms with Gasteiger partial charge in [-0.3, -0.25) is 4.79 Å². The molecule has 0 spiro atoms. The van der Waals surface area contributed by atoms with Crippen molar-refractivity contribution in [2.75, 3.05) is 12.4 Å². The van der Waals surface area contributed by atoms with E-state index in [4.69, 9.17) is 9.15 Å². The summed E-state index contributed by atoms with van der Waals surface area (Å²) < 4.78 is 10.6. The van der Waals surface area contributed by atoms with E-state index in [0.29, 0.717) is 28.2 Å². The quantitative estimate of drug-likeness (QED) is 0.876. The molecule has 0 fully saturated rings. The minimum absolute atomic E-state index is 0.214. The van der Waals surface area contributed by atoms with E-state index in [1.807, 2.05) is 19.1 Å². The van der Waals surface area contributed by atoms with E-state index in [0.717, 1.165) is 23.8 Å². The first-order valence-electron chi connectivity index (χ1n) is 7.80. The Balaban J connectivity index is 1.96. The van der Waals surface area contributed by atoms with Crippen LogP contribution >= 0.6 is 0 Å². The monoisotopic (exact) mass is 325 g/mol. The molecule has 0 radical (unpaired) electrons. The highest BCUT2D eigenvalue weighted by Crippen LogP contribution is 2.25. The van der Waals surface area contributed by atoms with Crippen LogP contribution in [0.3, 0.4) is 0 Å². The molecule has 0 unspecified atom stereocenters. The Kier molecular flexibility index (Phi) is 4.25. The molecule has 0 aliphatic heterocycles. The van der Waals surface area contributed by atoms with E-state index in [1.165, 1.54) is 0 Å². The van der Waals surface area contributed by atoms with Gasteiger partial charge in [-0.25, -0.2) is 4.79 Å². The smallest absolute Gasteiger partial charge is 0.339 e. The van der Waals surface area contributed by atoms with Gasteiger partial charge in [0.25, 0.3) is 5.91 Å². The average molecular weight is 325 g/mol. The predicted octanol–water partition coefficient (Wildman–Crippen LogP) is 3.60. The van der Waals surface area contributed by atoms with Gasteiger partial charge in [-0.15, -0.1) is 0 Å². The molecular weight excluding hydrogens is 306 g/mol. The van der Waals surface area contributed by atoms with E-state index in [9.17, 15) is 9.59 Å². The number of carbonyl (C=O) groups excluding carboxylic acids is 1. The third-order valence-corrected chi connectivity index (χ3v) is 4.33. The molecule has 124 valence electrons. The van der Waals surface area contributed by atoms with Crippen molar-refractivity contribution in [1.29, 1.82) is 0 Å². The van der Waals surface area contributed by atoms with Crippen molar-refractivity contribution >= 4 is 22.6 Å². The predicted molar refractivity (Wildman–Crippen MR) is 93.0 cm³/mol. The SMILES string of the molecule is COC1=C(C(=O)Nc2ccc3oc(=O)c(C)c(C)c3c2)C=CCC1. The summed E-state index contributed by atoms with van der Waals surface area (Å²) in [5, 5.41) is 3.69. The molecule has 0 saturated heterocycles. The number of allylic oxidation sites excluding steroid dienone is 2. The van der Waals surface area contributed by atoms with Gasteiger partial charge in [0.05, 0.1) is 12.7 Å². The third-order valence-electron chi connectivity index (χ3n) is 4.33. The number of rotatable bonds is 3. The fraction of sp³-hybridized carbons (Fsp3) is 0.263. The molecule has 2 aromatic rings. The normalized spacial score (nSPS) is 14.1. The summed E-state index contributed by atoms with van der Waals surface area (Å²) in [6, 6.07) is 5.23. The minimum atomic E-state index is -0.334. The lowest BCUT2D eigenvalue weighted by molar-refractivity contribution is -0.112. The molecule has 1 aliphatic rings. The van der Waals surface area contributed by atoms with Crippen LogP contribution in [-0.2, 0) is 9.53 Å². The summed E-state index contributed by atoms with van der Waals surface area (Å²) in [5.74, 6) is 0.475. The van der Waals surface area contributed by atoms with Crippen molar-refractivity contribution in [2.24, 2.45) is 0 Å². The summed E-state index contributed by atoms with van der Waals surface area (Å²) >= 11 is 0. The standard InChI is InChI=1S/C19H19NO4/c1-11-12(2)19(22)24-17-9-8-13(10-15(11)17)20-18(21)14-6-4-5-7-16(14)23-3/h4,6,8-10H,5,7H2,1-3H3,(H,20,21). The number of nitrogens with one attached hydrogen (secondary N) is 1. The van der Waals surface area contributed by atoms with Gasteiger partial charge >= 0.3 is 5.63 Å². The van der Waals surface area contributed by atoms with E-state index >= 15 is 0 Å². The topological polar surface area (TPSA) is 68.5 Å². The maximum Gasteiger partial charge on any atom is 0.339 e. The average Bonchev–Trinajstić information content (AvgIpc) is 2.60. The van der Waals surface area contributed by atoms with Gasteiger partial charge in [-0.05, 0) is 44.0 Å². The Morgan fingerprint density at radius 2 is 2.04 bits per heavy atom. The van der Waals surface area contributed by atoms with Crippen molar-refractivity contribution in [3.8, 4) is 0 Å². The highest BCUT2D eigenvalue weighted by atomic mass is 16.5. The van der Waals surface area contributed by atoms with Crippen molar-refractivity contribution in [3.05, 3.63) is 63.2 Å². The lowest BCUT2D eigenvalue weighted by Crippen LogP contribution is -2.17. The second-order valence-corrected chi connectivity index (χ2v) is 5.79. The zero-order valence-corrected chi connectivity index (χ0v) is 13.9. The Bertz CT molecular complexity index is 934. The van der Waals surface area contributed by atoms with Gasteiger partial charge in [-0.2, -0.15) is 0 Å². The number of methoxy groups -OCH3 is 1. The largest absolute Gasteiger partial charge is 0.500 e. The molecular formula is C19H19NO4. The molecule has 3 rings (SSSR count). The molecule has 1 N–H and O–H groups in total. The first kappa shape index (κ1) is 16.1. The number of aryl methyl sites for hydroxylation is 1. The number of carbonyl (C=O) groups is 1. The van der Waals surface area contributed by atoms with E-state index in [2.05, 4.69) is 5.32 Å². The number of fused-ring (bicyclic) bond motifs is 1. The number of amides is 1. The van der Waals surface area contributed by atoms with Gasteiger partial charge in [0.15, 0.2) is 0 Å². The van der Waals surface area contributed by atoms with Gasteiger partial charge in [0.2, 0.25) is 0 Å². The molecule has 24 heavy (non-hydrogen) atoms. The van der Waals surface area contributed by atoms with Crippen molar-refractivity contribution in [3.63, 3.8) is 0 Å². The number of ether oxygens (including phenoxy) is 1. The molecule has 0 saturated carbocycles. The maximum absolute atomic E-state index is 12.5. The highest BCUT2D eigenvalue weighted by molar-refractivity contribution is 6.07. The minimum Gasteiger partial charge on any atom is -0.500 e. The van der Waals surface area contributed by atoms with Crippen LogP contribution in [0.2, 0.25) is 0 Å².